The van der Waals surface area contributed by atoms with Gasteiger partial charge < -0.3 is 19.5 Å². The molecule has 1 N–H and O–H groups in total. The Morgan fingerprint density at radius 1 is 1.32 bits per heavy atom. The number of nitrogens with zero attached hydrogens (tertiary/aromatic N) is 4. The van der Waals surface area contributed by atoms with Crippen molar-refractivity contribution in [3.63, 3.8) is 0 Å². The number of rotatable bonds is 7. The van der Waals surface area contributed by atoms with Crippen molar-refractivity contribution in [1.82, 2.24) is 19.8 Å². The summed E-state index contributed by atoms with van der Waals surface area (Å²) in [6.45, 7) is 4.23. The van der Waals surface area contributed by atoms with Crippen molar-refractivity contribution in [2.24, 2.45) is 0 Å². The minimum atomic E-state index is -0.451. The molecule has 2 aromatic heterocycles. The van der Waals surface area contributed by atoms with E-state index in [0.717, 1.165) is 17.0 Å². The van der Waals surface area contributed by atoms with Gasteiger partial charge in [0.1, 0.15) is 17.9 Å². The van der Waals surface area contributed by atoms with Crippen LogP contribution in [0.5, 0.6) is 0 Å². The third-order valence-electron chi connectivity index (χ3n) is 4.25. The molecule has 0 aliphatic heterocycles. The first-order valence-corrected chi connectivity index (χ1v) is 8.64. The zero-order valence-corrected chi connectivity index (χ0v) is 15.6. The highest BCUT2D eigenvalue weighted by Gasteiger charge is 2.16. The maximum Gasteiger partial charge on any atom is 0.322 e. The lowest BCUT2D eigenvalue weighted by atomic mass is 10.2. The Kier molecular flexibility index (Phi) is 5.83. The summed E-state index contributed by atoms with van der Waals surface area (Å²) >= 11 is 0. The van der Waals surface area contributed by atoms with E-state index in [4.69, 9.17) is 4.52 Å². The van der Waals surface area contributed by atoms with Gasteiger partial charge in [-0.25, -0.2) is 9.18 Å². The van der Waals surface area contributed by atoms with Gasteiger partial charge in [-0.3, -0.25) is 4.68 Å². The molecular formula is C19H20FN5O3. The number of urea groups is 1. The van der Waals surface area contributed by atoms with Gasteiger partial charge in [-0.2, -0.15) is 5.10 Å². The highest BCUT2D eigenvalue weighted by atomic mass is 19.1. The van der Waals surface area contributed by atoms with Gasteiger partial charge in [0.05, 0.1) is 30.7 Å². The highest BCUT2D eigenvalue weighted by Crippen LogP contribution is 2.15. The second-order valence-electron chi connectivity index (χ2n) is 6.33. The molecule has 9 heteroatoms. The van der Waals surface area contributed by atoms with Crippen LogP contribution >= 0.6 is 0 Å². The average Bonchev–Trinajstić information content (AvgIpc) is 3.24. The summed E-state index contributed by atoms with van der Waals surface area (Å²) in [7, 11) is 0. The summed E-state index contributed by atoms with van der Waals surface area (Å²) in [6.07, 6.45) is 3.85. The molecule has 0 unspecified atom stereocenters. The van der Waals surface area contributed by atoms with Gasteiger partial charge in [0.2, 0.25) is 0 Å². The van der Waals surface area contributed by atoms with Crippen molar-refractivity contribution in [3.8, 4) is 0 Å². The Hall–Kier alpha value is -3.49. The number of carbonyl (C=O) groups is 2. The minimum absolute atomic E-state index is 0.0869. The number of aryl methyl sites for hydroxylation is 2. The lowest BCUT2D eigenvalue weighted by molar-refractivity contribution is -0.108. The number of benzene rings is 1. The fourth-order valence-corrected chi connectivity index (χ4v) is 2.73. The lowest BCUT2D eigenvalue weighted by Gasteiger charge is -2.20. The predicted molar refractivity (Wildman–Crippen MR) is 99.2 cm³/mol. The molecule has 1 aromatic carbocycles. The Bertz CT molecular complexity index is 945. The van der Waals surface area contributed by atoms with Crippen LogP contribution in [0.2, 0.25) is 0 Å². The van der Waals surface area contributed by atoms with Gasteiger partial charge >= 0.3 is 6.03 Å². The first-order valence-electron chi connectivity index (χ1n) is 8.64. The second kappa shape index (κ2) is 8.47. The standard InChI is InChI=1S/C19H20FN5O3/c1-13-18(14(2)28-23-13)12-25-11-17(9-21-25)22-19(27)24(7-8-26)10-15-3-5-16(20)6-4-15/h3-6,8-9,11H,7,10,12H2,1-2H3,(H,22,27). The van der Waals surface area contributed by atoms with Gasteiger partial charge in [0.25, 0.3) is 0 Å². The molecule has 3 rings (SSSR count). The van der Waals surface area contributed by atoms with E-state index >= 15 is 0 Å². The van der Waals surface area contributed by atoms with E-state index in [1.165, 1.54) is 23.2 Å². The first kappa shape index (κ1) is 19.3. The molecule has 0 fully saturated rings. The molecule has 8 nitrogen and oxygen atoms in total. The van der Waals surface area contributed by atoms with Crippen LogP contribution < -0.4 is 5.32 Å². The summed E-state index contributed by atoms with van der Waals surface area (Å²) in [5, 5.41) is 10.9. The third-order valence-corrected chi connectivity index (χ3v) is 4.25. The Labute approximate surface area is 160 Å². The van der Waals surface area contributed by atoms with E-state index in [0.29, 0.717) is 24.1 Å². The van der Waals surface area contributed by atoms with Gasteiger partial charge in [-0.1, -0.05) is 17.3 Å². The number of aldehydes is 1. The summed E-state index contributed by atoms with van der Waals surface area (Å²) in [4.78, 5) is 24.8. The van der Waals surface area contributed by atoms with E-state index in [2.05, 4.69) is 15.6 Å². The Balaban J connectivity index is 1.65. The van der Waals surface area contributed by atoms with Crippen molar-refractivity contribution in [2.75, 3.05) is 11.9 Å². The van der Waals surface area contributed by atoms with Gasteiger partial charge in [0.15, 0.2) is 0 Å². The van der Waals surface area contributed by atoms with Crippen LogP contribution in [0.15, 0.2) is 41.2 Å². The summed E-state index contributed by atoms with van der Waals surface area (Å²) < 4.78 is 19.8. The highest BCUT2D eigenvalue weighted by molar-refractivity contribution is 5.90. The van der Waals surface area contributed by atoms with Gasteiger partial charge in [0, 0.05) is 18.3 Å². The molecule has 2 heterocycles. The first-order chi connectivity index (χ1) is 13.5. The number of amides is 2. The zero-order chi connectivity index (χ0) is 20.1. The second-order valence-corrected chi connectivity index (χ2v) is 6.33. The van der Waals surface area contributed by atoms with Crippen LogP contribution in [-0.4, -0.2) is 38.7 Å². The van der Waals surface area contributed by atoms with Crippen LogP contribution in [0, 0.1) is 19.7 Å². The number of aromatic nitrogens is 3. The molecule has 0 aliphatic rings. The molecule has 3 aromatic rings. The largest absolute Gasteiger partial charge is 0.361 e. The van der Waals surface area contributed by atoms with Crippen LogP contribution in [-0.2, 0) is 17.9 Å². The quantitative estimate of drug-likeness (QED) is 0.631. The fraction of sp³-hybridized carbons (Fsp3) is 0.263. The monoisotopic (exact) mass is 385 g/mol. The predicted octanol–water partition coefficient (Wildman–Crippen LogP) is 2.91. The normalized spacial score (nSPS) is 10.7. The van der Waals surface area contributed by atoms with Crippen LogP contribution in [0.4, 0.5) is 14.9 Å². The van der Waals surface area contributed by atoms with Crippen molar-refractivity contribution < 1.29 is 18.5 Å². The molecule has 2 amide bonds. The van der Waals surface area contributed by atoms with Crippen molar-refractivity contribution in [1.29, 1.82) is 0 Å². The van der Waals surface area contributed by atoms with Crippen LogP contribution in [0.25, 0.3) is 0 Å². The smallest absolute Gasteiger partial charge is 0.322 e. The van der Waals surface area contributed by atoms with E-state index in [9.17, 15) is 14.0 Å². The molecule has 0 spiro atoms. The van der Waals surface area contributed by atoms with E-state index < -0.39 is 6.03 Å². The van der Waals surface area contributed by atoms with Gasteiger partial charge in [-0.15, -0.1) is 0 Å². The fourth-order valence-electron chi connectivity index (χ4n) is 2.73. The van der Waals surface area contributed by atoms with E-state index in [1.54, 1.807) is 23.0 Å². The molecule has 0 saturated carbocycles. The number of hydrogen-bond donors (Lipinski definition) is 1. The molecule has 28 heavy (non-hydrogen) atoms. The number of carbonyl (C=O) groups excluding carboxylic acids is 2. The third kappa shape index (κ3) is 4.61. The SMILES string of the molecule is Cc1noc(C)c1Cn1cc(NC(=O)N(CC=O)Cc2ccc(F)cc2)cn1. The minimum Gasteiger partial charge on any atom is -0.361 e. The van der Waals surface area contributed by atoms with Crippen molar-refractivity contribution >= 4 is 18.0 Å². The van der Waals surface area contributed by atoms with E-state index in [-0.39, 0.29) is 18.9 Å². The summed E-state index contributed by atoms with van der Waals surface area (Å²) in [6, 6.07) is 5.31. The Morgan fingerprint density at radius 2 is 2.07 bits per heavy atom. The molecule has 146 valence electrons. The summed E-state index contributed by atoms with van der Waals surface area (Å²) in [5.41, 5.74) is 2.93. The zero-order valence-electron chi connectivity index (χ0n) is 15.6. The van der Waals surface area contributed by atoms with E-state index in [1.807, 2.05) is 13.8 Å². The molecule has 0 atom stereocenters. The average molecular weight is 385 g/mol. The molecule has 0 bridgehead atoms. The Morgan fingerprint density at radius 3 is 2.71 bits per heavy atom. The molecular weight excluding hydrogens is 365 g/mol. The number of nitrogens with one attached hydrogen (secondary N) is 1. The topological polar surface area (TPSA) is 93.3 Å². The summed E-state index contributed by atoms with van der Waals surface area (Å²) in [5.74, 6) is 0.357. The van der Waals surface area contributed by atoms with Crippen LogP contribution in [0.1, 0.15) is 22.6 Å². The lowest BCUT2D eigenvalue weighted by Crippen LogP contribution is -2.35. The molecule has 0 radical (unpaired) electrons. The van der Waals surface area contributed by atoms with Gasteiger partial charge in [-0.05, 0) is 31.5 Å². The maximum atomic E-state index is 13.0. The number of hydrogen-bond acceptors (Lipinski definition) is 5. The van der Waals surface area contributed by atoms with Crippen molar-refractivity contribution in [3.05, 3.63) is 65.1 Å². The van der Waals surface area contributed by atoms with Crippen molar-refractivity contribution in [2.45, 2.75) is 26.9 Å². The number of halogens is 1. The maximum absolute atomic E-state index is 13.0. The van der Waals surface area contributed by atoms with Crippen LogP contribution in [0.3, 0.4) is 0 Å². The molecule has 0 saturated heterocycles. The molecule has 0 aliphatic carbocycles. The number of anilines is 1.